The number of nitrogens with zero attached hydrogens (tertiary/aromatic N) is 6. The summed E-state index contributed by atoms with van der Waals surface area (Å²) in [5.74, 6) is 1.56. The fourth-order valence-electron chi connectivity index (χ4n) is 3.53. The first-order valence-electron chi connectivity index (χ1n) is 10.6. The van der Waals surface area contributed by atoms with Crippen molar-refractivity contribution in [3.05, 3.63) is 82.2 Å². The van der Waals surface area contributed by atoms with Crippen LogP contribution in [0.5, 0.6) is 5.75 Å². The fraction of sp³-hybridized carbons (Fsp3) is 0.208. The Kier molecular flexibility index (Phi) is 5.21. The summed E-state index contributed by atoms with van der Waals surface area (Å²) in [6, 6.07) is 15.3. The van der Waals surface area contributed by atoms with E-state index < -0.39 is 0 Å². The third-order valence-corrected chi connectivity index (χ3v) is 5.47. The topological polar surface area (TPSA) is 100 Å². The van der Waals surface area contributed by atoms with E-state index >= 15 is 0 Å². The zero-order valence-corrected chi connectivity index (χ0v) is 18.5. The molecule has 166 valence electrons. The summed E-state index contributed by atoms with van der Waals surface area (Å²) in [4.78, 5) is 17.4. The molecule has 0 atom stereocenters. The van der Waals surface area contributed by atoms with Crippen molar-refractivity contribution in [3.63, 3.8) is 0 Å². The van der Waals surface area contributed by atoms with Crippen LogP contribution in [-0.2, 0) is 6.54 Å². The Morgan fingerprint density at radius 1 is 1.00 bits per heavy atom. The van der Waals surface area contributed by atoms with Crippen LogP contribution >= 0.6 is 0 Å². The number of fused-ring (bicyclic) bond motifs is 1. The molecule has 0 fully saturated rings. The third kappa shape index (κ3) is 4.00. The summed E-state index contributed by atoms with van der Waals surface area (Å²) < 4.78 is 13.6. The number of hydrogen-bond acceptors (Lipinski definition) is 7. The molecule has 0 aliphatic rings. The molecule has 9 heteroatoms. The molecule has 5 aromatic rings. The van der Waals surface area contributed by atoms with Crippen molar-refractivity contribution in [2.75, 3.05) is 6.61 Å². The van der Waals surface area contributed by atoms with Crippen LogP contribution in [0.25, 0.3) is 28.2 Å². The lowest BCUT2D eigenvalue weighted by atomic mass is 10.1. The molecule has 33 heavy (non-hydrogen) atoms. The molecule has 5 rings (SSSR count). The second-order valence-electron chi connectivity index (χ2n) is 7.72. The van der Waals surface area contributed by atoms with Gasteiger partial charge in [-0.05, 0) is 68.3 Å². The van der Waals surface area contributed by atoms with Crippen LogP contribution in [0.15, 0.2) is 64.2 Å². The zero-order chi connectivity index (χ0) is 22.9. The van der Waals surface area contributed by atoms with Crippen LogP contribution in [-0.4, -0.2) is 36.1 Å². The van der Waals surface area contributed by atoms with Gasteiger partial charge in [0.1, 0.15) is 24.1 Å². The molecule has 0 amide bonds. The quantitative estimate of drug-likeness (QED) is 0.395. The minimum absolute atomic E-state index is 0.0662. The van der Waals surface area contributed by atoms with E-state index in [0.717, 1.165) is 22.4 Å². The Bertz CT molecular complexity index is 1500. The van der Waals surface area contributed by atoms with Gasteiger partial charge in [-0.2, -0.15) is 15.2 Å². The minimum atomic E-state index is -0.298. The number of rotatable bonds is 6. The van der Waals surface area contributed by atoms with Crippen LogP contribution in [0.1, 0.15) is 23.9 Å². The fourth-order valence-corrected chi connectivity index (χ4v) is 3.53. The molecule has 0 bridgehead atoms. The lowest BCUT2D eigenvalue weighted by Crippen LogP contribution is -2.25. The smallest absolute Gasteiger partial charge is 0.293 e. The molecule has 0 N–H and O–H groups in total. The first-order valence-corrected chi connectivity index (χ1v) is 10.6. The average molecular weight is 442 g/mol. The normalized spacial score (nSPS) is 11.2. The van der Waals surface area contributed by atoms with Crippen molar-refractivity contribution in [2.45, 2.75) is 27.3 Å². The Balaban J connectivity index is 1.41. The highest BCUT2D eigenvalue weighted by Gasteiger charge is 2.14. The maximum Gasteiger partial charge on any atom is 0.293 e. The minimum Gasteiger partial charge on any atom is -0.494 e. The van der Waals surface area contributed by atoms with Gasteiger partial charge in [0.15, 0.2) is 0 Å². The lowest BCUT2D eigenvalue weighted by molar-refractivity contribution is 0.340. The molecular formula is C24H22N6O3. The Morgan fingerprint density at radius 3 is 2.55 bits per heavy atom. The van der Waals surface area contributed by atoms with Gasteiger partial charge in [0.2, 0.25) is 11.7 Å². The summed E-state index contributed by atoms with van der Waals surface area (Å²) in [6.45, 7) is 6.69. The molecule has 0 saturated carbocycles. The van der Waals surface area contributed by atoms with Gasteiger partial charge >= 0.3 is 0 Å². The van der Waals surface area contributed by atoms with Gasteiger partial charge in [0, 0.05) is 11.1 Å². The Labute approximate surface area is 189 Å². The Morgan fingerprint density at radius 2 is 1.79 bits per heavy atom. The molecule has 0 saturated heterocycles. The molecule has 0 aliphatic carbocycles. The van der Waals surface area contributed by atoms with Crippen molar-refractivity contribution in [1.29, 1.82) is 0 Å². The molecule has 3 heterocycles. The summed E-state index contributed by atoms with van der Waals surface area (Å²) in [7, 11) is 0. The van der Waals surface area contributed by atoms with E-state index in [9.17, 15) is 4.79 Å². The van der Waals surface area contributed by atoms with Crippen molar-refractivity contribution < 1.29 is 9.26 Å². The van der Waals surface area contributed by atoms with Crippen molar-refractivity contribution >= 4 is 5.52 Å². The van der Waals surface area contributed by atoms with E-state index in [-0.39, 0.29) is 12.1 Å². The number of benzene rings is 2. The van der Waals surface area contributed by atoms with Crippen molar-refractivity contribution in [1.82, 2.24) is 29.5 Å². The van der Waals surface area contributed by atoms with Gasteiger partial charge < -0.3 is 9.26 Å². The molecule has 2 aromatic carbocycles. The van der Waals surface area contributed by atoms with Gasteiger partial charge in [-0.15, -0.1) is 0 Å². The standard InChI is InChI=1S/C24H22N6O3/c1-4-32-19-9-7-17(8-10-19)20-12-21-24(31)29(25-14-30(21)27-20)13-22-26-23(28-33-22)18-6-5-15(2)16(3)11-18/h5-12,14H,4,13H2,1-3H3. The second-order valence-corrected chi connectivity index (χ2v) is 7.72. The maximum atomic E-state index is 13.0. The van der Waals surface area contributed by atoms with Crippen molar-refractivity contribution in [3.8, 4) is 28.4 Å². The maximum absolute atomic E-state index is 13.0. The number of hydrogen-bond donors (Lipinski definition) is 0. The first-order chi connectivity index (χ1) is 16.0. The molecule has 0 unspecified atom stereocenters. The summed E-state index contributed by atoms with van der Waals surface area (Å²) in [5, 5.41) is 12.7. The van der Waals surface area contributed by atoms with Gasteiger partial charge in [-0.1, -0.05) is 17.3 Å². The van der Waals surface area contributed by atoms with E-state index in [1.807, 2.05) is 63.2 Å². The van der Waals surface area contributed by atoms with Crippen LogP contribution < -0.4 is 10.3 Å². The Hall–Kier alpha value is -4.27. The van der Waals surface area contributed by atoms with Crippen LogP contribution in [0.2, 0.25) is 0 Å². The first kappa shape index (κ1) is 20.6. The monoisotopic (exact) mass is 442 g/mol. The van der Waals surface area contributed by atoms with Crippen LogP contribution in [0.3, 0.4) is 0 Å². The molecular weight excluding hydrogens is 420 g/mol. The van der Waals surface area contributed by atoms with Crippen LogP contribution in [0, 0.1) is 13.8 Å². The SMILES string of the molecule is CCOc1ccc(-c2cc3c(=O)n(Cc4nc(-c5ccc(C)c(C)c5)no4)ncn3n2)cc1. The van der Waals surface area contributed by atoms with Gasteiger partial charge in [0.05, 0.1) is 12.3 Å². The predicted molar refractivity (Wildman–Crippen MR) is 122 cm³/mol. The van der Waals surface area contributed by atoms with E-state index in [1.54, 1.807) is 6.07 Å². The molecule has 0 aliphatic heterocycles. The lowest BCUT2D eigenvalue weighted by Gasteiger charge is -2.02. The van der Waals surface area contributed by atoms with E-state index in [0.29, 0.717) is 29.5 Å². The summed E-state index contributed by atoms with van der Waals surface area (Å²) in [6.07, 6.45) is 1.50. The molecule has 0 spiro atoms. The van der Waals surface area contributed by atoms with Gasteiger partial charge in [-0.25, -0.2) is 9.20 Å². The number of aromatic nitrogens is 6. The highest BCUT2D eigenvalue weighted by Crippen LogP contribution is 2.22. The van der Waals surface area contributed by atoms with E-state index in [4.69, 9.17) is 9.26 Å². The highest BCUT2D eigenvalue weighted by atomic mass is 16.5. The van der Waals surface area contributed by atoms with Gasteiger partial charge in [-0.3, -0.25) is 4.79 Å². The largest absolute Gasteiger partial charge is 0.494 e. The third-order valence-electron chi connectivity index (χ3n) is 5.47. The van der Waals surface area contributed by atoms with Crippen molar-refractivity contribution in [2.24, 2.45) is 0 Å². The predicted octanol–water partition coefficient (Wildman–Crippen LogP) is 3.67. The second kappa shape index (κ2) is 8.34. The molecule has 3 aromatic heterocycles. The number of aryl methyl sites for hydroxylation is 2. The molecule has 9 nitrogen and oxygen atoms in total. The summed E-state index contributed by atoms with van der Waals surface area (Å²) in [5.41, 5.74) is 4.85. The zero-order valence-electron chi connectivity index (χ0n) is 18.5. The van der Waals surface area contributed by atoms with Crippen LogP contribution in [0.4, 0.5) is 0 Å². The molecule has 0 radical (unpaired) electrons. The highest BCUT2D eigenvalue weighted by molar-refractivity contribution is 5.66. The number of ether oxygens (including phenoxy) is 1. The van der Waals surface area contributed by atoms with E-state index in [2.05, 4.69) is 20.3 Å². The summed E-state index contributed by atoms with van der Waals surface area (Å²) >= 11 is 0. The average Bonchev–Trinajstić information content (AvgIpc) is 3.46. The van der Waals surface area contributed by atoms with Gasteiger partial charge in [0.25, 0.3) is 5.56 Å². The van der Waals surface area contributed by atoms with E-state index in [1.165, 1.54) is 21.1 Å².